The molecule has 0 unspecified atom stereocenters. The maximum Gasteiger partial charge on any atom is 0.230 e. The number of carbonyl (C=O) groups is 1. The standard InChI is InChI=1S/C16H24N2O/c1-13(2)15(14-7-5-4-6-8-14)16(19)18-11-9-17(3)10-12-18/h4-8,13,15H,9-12H2,1-3H3/p+1/t15-/m0/s1. The van der Waals surface area contributed by atoms with Gasteiger partial charge in [0.05, 0.1) is 39.1 Å². The fourth-order valence-corrected chi connectivity index (χ4v) is 2.78. The van der Waals surface area contributed by atoms with Crippen LogP contribution in [-0.2, 0) is 4.79 Å². The molecule has 1 aliphatic heterocycles. The summed E-state index contributed by atoms with van der Waals surface area (Å²) in [5, 5.41) is 0. The van der Waals surface area contributed by atoms with Crippen molar-refractivity contribution in [2.45, 2.75) is 19.8 Å². The summed E-state index contributed by atoms with van der Waals surface area (Å²) < 4.78 is 0. The highest BCUT2D eigenvalue weighted by Gasteiger charge is 2.30. The summed E-state index contributed by atoms with van der Waals surface area (Å²) in [6.07, 6.45) is 0. The van der Waals surface area contributed by atoms with E-state index in [4.69, 9.17) is 0 Å². The Morgan fingerprint density at radius 2 is 1.74 bits per heavy atom. The third-order valence-electron chi connectivity index (χ3n) is 4.02. The average Bonchev–Trinajstić information content (AvgIpc) is 2.40. The van der Waals surface area contributed by atoms with Gasteiger partial charge in [-0.25, -0.2) is 0 Å². The molecule has 3 nitrogen and oxygen atoms in total. The van der Waals surface area contributed by atoms with Gasteiger partial charge in [0.25, 0.3) is 0 Å². The second-order valence-corrected chi connectivity index (χ2v) is 5.91. The first-order valence-corrected chi connectivity index (χ1v) is 7.24. The van der Waals surface area contributed by atoms with Gasteiger partial charge in [-0.15, -0.1) is 0 Å². The molecule has 19 heavy (non-hydrogen) atoms. The predicted octanol–water partition coefficient (Wildman–Crippen LogP) is 0.783. The lowest BCUT2D eigenvalue weighted by atomic mass is 9.87. The zero-order chi connectivity index (χ0) is 13.8. The Balaban J connectivity index is 2.14. The molecule has 1 aromatic carbocycles. The summed E-state index contributed by atoms with van der Waals surface area (Å²) in [6.45, 7) is 8.17. The number of hydrogen-bond donors (Lipinski definition) is 1. The number of nitrogens with zero attached hydrogens (tertiary/aromatic N) is 1. The lowest BCUT2D eigenvalue weighted by Crippen LogP contribution is -3.12. The first-order valence-electron chi connectivity index (χ1n) is 7.24. The maximum atomic E-state index is 12.8. The molecule has 0 spiro atoms. The monoisotopic (exact) mass is 261 g/mol. The van der Waals surface area contributed by atoms with E-state index in [-0.39, 0.29) is 5.92 Å². The smallest absolute Gasteiger partial charge is 0.230 e. The third-order valence-corrected chi connectivity index (χ3v) is 4.02. The van der Waals surface area contributed by atoms with Crippen LogP contribution in [0.25, 0.3) is 0 Å². The van der Waals surface area contributed by atoms with Crippen LogP contribution in [0.5, 0.6) is 0 Å². The maximum absolute atomic E-state index is 12.8. The third kappa shape index (κ3) is 3.35. The molecule has 1 N–H and O–H groups in total. The molecule has 1 heterocycles. The molecule has 2 rings (SSSR count). The molecule has 1 amide bonds. The van der Waals surface area contributed by atoms with Crippen LogP contribution in [0.2, 0.25) is 0 Å². The van der Waals surface area contributed by atoms with Crippen LogP contribution >= 0.6 is 0 Å². The minimum atomic E-state index is -0.000365. The molecule has 1 atom stereocenters. The van der Waals surface area contributed by atoms with Crippen LogP contribution in [0, 0.1) is 5.92 Å². The molecular formula is C16H25N2O+. The van der Waals surface area contributed by atoms with Gasteiger partial charge in [0.1, 0.15) is 0 Å². The van der Waals surface area contributed by atoms with Crippen molar-refractivity contribution >= 4 is 5.91 Å². The average molecular weight is 261 g/mol. The van der Waals surface area contributed by atoms with E-state index in [1.165, 1.54) is 4.90 Å². The van der Waals surface area contributed by atoms with Crippen molar-refractivity contribution in [3.63, 3.8) is 0 Å². The number of hydrogen-bond acceptors (Lipinski definition) is 1. The van der Waals surface area contributed by atoms with Crippen molar-refractivity contribution < 1.29 is 9.69 Å². The Morgan fingerprint density at radius 1 is 1.16 bits per heavy atom. The molecule has 0 saturated carbocycles. The predicted molar refractivity (Wildman–Crippen MR) is 77.2 cm³/mol. The lowest BCUT2D eigenvalue weighted by molar-refractivity contribution is -0.883. The van der Waals surface area contributed by atoms with Crippen molar-refractivity contribution in [1.29, 1.82) is 0 Å². The van der Waals surface area contributed by atoms with Gasteiger partial charge in [-0.1, -0.05) is 44.2 Å². The van der Waals surface area contributed by atoms with Gasteiger partial charge in [-0.05, 0) is 11.5 Å². The van der Waals surface area contributed by atoms with Crippen molar-refractivity contribution in [2.24, 2.45) is 5.92 Å². The first kappa shape index (κ1) is 14.1. The Bertz CT molecular complexity index is 408. The zero-order valence-corrected chi connectivity index (χ0v) is 12.2. The molecule has 0 aliphatic carbocycles. The highest BCUT2D eigenvalue weighted by atomic mass is 16.2. The van der Waals surface area contributed by atoms with E-state index in [1.54, 1.807) is 0 Å². The van der Waals surface area contributed by atoms with Crippen LogP contribution in [-0.4, -0.2) is 44.0 Å². The molecule has 0 aromatic heterocycles. The van der Waals surface area contributed by atoms with Crippen molar-refractivity contribution in [3.8, 4) is 0 Å². The van der Waals surface area contributed by atoms with Gasteiger partial charge >= 0.3 is 0 Å². The Hall–Kier alpha value is -1.35. The quantitative estimate of drug-likeness (QED) is 0.854. The minimum absolute atomic E-state index is 0.000365. The van der Waals surface area contributed by atoms with Crippen LogP contribution in [0.4, 0.5) is 0 Å². The summed E-state index contributed by atoms with van der Waals surface area (Å²) in [6, 6.07) is 10.2. The van der Waals surface area contributed by atoms with E-state index < -0.39 is 0 Å². The van der Waals surface area contributed by atoms with E-state index in [2.05, 4.69) is 33.0 Å². The number of benzene rings is 1. The topological polar surface area (TPSA) is 24.8 Å². The zero-order valence-electron chi connectivity index (χ0n) is 12.2. The van der Waals surface area contributed by atoms with Gasteiger partial charge in [-0.2, -0.15) is 0 Å². The fourth-order valence-electron chi connectivity index (χ4n) is 2.78. The number of quaternary nitrogens is 1. The second kappa shape index (κ2) is 6.20. The minimum Gasteiger partial charge on any atom is -0.334 e. The van der Waals surface area contributed by atoms with Crippen LogP contribution in [0.1, 0.15) is 25.3 Å². The Kier molecular flexibility index (Phi) is 4.59. The van der Waals surface area contributed by atoms with Crippen molar-refractivity contribution in [2.75, 3.05) is 33.2 Å². The molecule has 1 aromatic rings. The molecule has 104 valence electrons. The number of nitrogens with one attached hydrogen (secondary N) is 1. The highest BCUT2D eigenvalue weighted by Crippen LogP contribution is 2.26. The number of piperazine rings is 1. The van der Waals surface area contributed by atoms with Gasteiger partial charge < -0.3 is 9.80 Å². The summed E-state index contributed by atoms with van der Waals surface area (Å²) >= 11 is 0. The first-order chi connectivity index (χ1) is 9.09. The number of amides is 1. The van der Waals surface area contributed by atoms with Gasteiger partial charge in [0.15, 0.2) is 0 Å². The van der Waals surface area contributed by atoms with E-state index >= 15 is 0 Å². The number of carbonyl (C=O) groups excluding carboxylic acids is 1. The van der Waals surface area contributed by atoms with Gasteiger partial charge in [0.2, 0.25) is 5.91 Å². The lowest BCUT2D eigenvalue weighted by Gasteiger charge is -2.34. The van der Waals surface area contributed by atoms with Crippen LogP contribution in [0.3, 0.4) is 0 Å². The number of likely N-dealkylation sites (N-methyl/N-ethyl adjacent to an activating group) is 1. The SMILES string of the molecule is CC(C)[C@H](C(=O)N1CC[NH+](C)CC1)c1ccccc1. The Morgan fingerprint density at radius 3 is 2.26 bits per heavy atom. The van der Waals surface area contributed by atoms with Gasteiger partial charge in [0, 0.05) is 0 Å². The molecule has 1 aliphatic rings. The highest BCUT2D eigenvalue weighted by molar-refractivity contribution is 5.84. The normalized spacial score (nSPS) is 18.6. The summed E-state index contributed by atoms with van der Waals surface area (Å²) in [7, 11) is 2.19. The van der Waals surface area contributed by atoms with Gasteiger partial charge in [-0.3, -0.25) is 4.79 Å². The molecule has 0 bridgehead atoms. The van der Waals surface area contributed by atoms with E-state index in [1.807, 2.05) is 23.1 Å². The second-order valence-electron chi connectivity index (χ2n) is 5.91. The molecule has 1 saturated heterocycles. The van der Waals surface area contributed by atoms with E-state index in [9.17, 15) is 4.79 Å². The molecule has 1 fully saturated rings. The summed E-state index contributed by atoms with van der Waals surface area (Å²) in [5.74, 6) is 0.634. The van der Waals surface area contributed by atoms with E-state index in [0.29, 0.717) is 11.8 Å². The van der Waals surface area contributed by atoms with E-state index in [0.717, 1.165) is 31.7 Å². The Labute approximate surface area is 116 Å². The van der Waals surface area contributed by atoms with Crippen molar-refractivity contribution in [3.05, 3.63) is 35.9 Å². The largest absolute Gasteiger partial charge is 0.334 e. The van der Waals surface area contributed by atoms with Crippen LogP contribution in [0.15, 0.2) is 30.3 Å². The van der Waals surface area contributed by atoms with Crippen LogP contribution < -0.4 is 4.90 Å². The molecule has 0 radical (unpaired) electrons. The molecule has 3 heteroatoms. The van der Waals surface area contributed by atoms with Crippen molar-refractivity contribution in [1.82, 2.24) is 4.90 Å². The fraction of sp³-hybridized carbons (Fsp3) is 0.562. The number of rotatable bonds is 3. The molecular weight excluding hydrogens is 236 g/mol. The summed E-state index contributed by atoms with van der Waals surface area (Å²) in [5.41, 5.74) is 1.15. The summed E-state index contributed by atoms with van der Waals surface area (Å²) in [4.78, 5) is 16.3.